The number of aromatic nitrogens is 2. The number of benzene rings is 2. The Morgan fingerprint density at radius 1 is 0.739 bits per heavy atom. The van der Waals surface area contributed by atoms with Gasteiger partial charge >= 0.3 is 0 Å². The van der Waals surface area contributed by atoms with E-state index in [9.17, 15) is 20.0 Å². The minimum Gasteiger partial charge on any atom is -0.388 e. The first kappa shape index (κ1) is 34.2. The van der Waals surface area contributed by atoms with E-state index in [1.54, 1.807) is 12.4 Å². The molecular formula is C37H45N5O4. The number of para-hydroxylation sites is 1. The number of pyridine rings is 2. The van der Waals surface area contributed by atoms with Crippen LogP contribution in [-0.4, -0.2) is 32.4 Å². The molecule has 0 saturated carbocycles. The van der Waals surface area contributed by atoms with Crippen LogP contribution < -0.4 is 10.6 Å². The van der Waals surface area contributed by atoms with Gasteiger partial charge in [-0.25, -0.2) is 4.98 Å². The van der Waals surface area contributed by atoms with Crippen LogP contribution in [0.15, 0.2) is 103 Å². The Balaban J connectivity index is 1.44. The molecule has 3 N–H and O–H groups in total. The van der Waals surface area contributed by atoms with Gasteiger partial charge in [0.15, 0.2) is 0 Å². The van der Waals surface area contributed by atoms with Gasteiger partial charge < -0.3 is 15.7 Å². The first-order chi connectivity index (χ1) is 22.5. The summed E-state index contributed by atoms with van der Waals surface area (Å²) in [6.45, 7) is 0.0639. The van der Waals surface area contributed by atoms with E-state index in [-0.39, 0.29) is 17.4 Å². The second-order valence-electron chi connectivity index (χ2n) is 11.6. The Morgan fingerprint density at radius 3 is 2.00 bits per heavy atom. The van der Waals surface area contributed by atoms with Gasteiger partial charge in [0.2, 0.25) is 12.5 Å². The Morgan fingerprint density at radius 2 is 1.35 bits per heavy atom. The molecule has 2 aromatic carbocycles. The molecule has 0 aliphatic carbocycles. The predicted octanol–water partition coefficient (Wildman–Crippen LogP) is 8.26. The smallest absolute Gasteiger partial charge is 0.224 e. The molecule has 0 fully saturated rings. The van der Waals surface area contributed by atoms with E-state index in [0.29, 0.717) is 30.0 Å². The number of rotatable bonds is 20. The van der Waals surface area contributed by atoms with Crippen LogP contribution >= 0.6 is 0 Å². The maximum atomic E-state index is 13.2. The van der Waals surface area contributed by atoms with Crippen LogP contribution in [0.3, 0.4) is 0 Å². The van der Waals surface area contributed by atoms with Crippen LogP contribution in [0.25, 0.3) is 0 Å². The zero-order valence-electron chi connectivity index (χ0n) is 26.3. The standard InChI is InChI=1S/C37H45N5O4/c43-34(25-11-6-4-2-1-3-5-7-18-28-42(45)46)40-31-22-13-12-21-30(31)36(41-33-24-15-17-27-39-33)35(32-23-14-16-26-38-32)37(44)29-19-9-8-10-20-29/h8-10,12-17,19-24,26-27,35-37,44H,1-7,11,18,25,28H2,(H,39,41)(H,40,43). The van der Waals surface area contributed by atoms with Crippen molar-refractivity contribution in [1.29, 1.82) is 0 Å². The quantitative estimate of drug-likeness (QED) is 0.0513. The van der Waals surface area contributed by atoms with Crippen LogP contribution in [0, 0.1) is 10.1 Å². The average molecular weight is 624 g/mol. The maximum Gasteiger partial charge on any atom is 0.224 e. The molecule has 0 bridgehead atoms. The van der Waals surface area contributed by atoms with Crippen molar-refractivity contribution >= 4 is 17.4 Å². The van der Waals surface area contributed by atoms with Gasteiger partial charge in [-0.05, 0) is 54.3 Å². The Kier molecular flexibility index (Phi) is 14.2. The van der Waals surface area contributed by atoms with E-state index in [0.717, 1.165) is 62.5 Å². The van der Waals surface area contributed by atoms with E-state index in [2.05, 4.69) is 20.6 Å². The minimum absolute atomic E-state index is 0.0483. The number of nitrogens with zero attached hydrogens (tertiary/aromatic N) is 3. The van der Waals surface area contributed by atoms with E-state index in [4.69, 9.17) is 0 Å². The molecular weight excluding hydrogens is 578 g/mol. The molecule has 0 aliphatic heterocycles. The van der Waals surface area contributed by atoms with Crippen molar-refractivity contribution in [3.05, 3.63) is 130 Å². The zero-order chi connectivity index (χ0) is 32.4. The number of hydrogen-bond acceptors (Lipinski definition) is 7. The summed E-state index contributed by atoms with van der Waals surface area (Å²) in [5.74, 6) is 0.0796. The molecule has 0 aliphatic rings. The molecule has 9 nitrogen and oxygen atoms in total. The number of carbonyl (C=O) groups is 1. The SMILES string of the molecule is O=C(CCCCCCCCCCC[N+](=O)[O-])Nc1ccccc1C(Nc1ccccn1)C(c1ccccn1)C(O)c1ccccc1. The molecule has 1 amide bonds. The number of carbonyl (C=O) groups excluding carboxylic acids is 1. The van der Waals surface area contributed by atoms with Crippen LogP contribution in [0.1, 0.15) is 99.1 Å². The summed E-state index contributed by atoms with van der Waals surface area (Å²) in [4.78, 5) is 32.5. The number of aliphatic hydroxyl groups is 1. The van der Waals surface area contributed by atoms with Gasteiger partial charge in [0, 0.05) is 41.5 Å². The van der Waals surface area contributed by atoms with Gasteiger partial charge in [-0.2, -0.15) is 0 Å². The predicted molar refractivity (Wildman–Crippen MR) is 182 cm³/mol. The van der Waals surface area contributed by atoms with Crippen molar-refractivity contribution in [2.45, 2.75) is 82.3 Å². The molecule has 0 spiro atoms. The normalized spacial score (nSPS) is 13.0. The molecule has 4 rings (SSSR count). The van der Waals surface area contributed by atoms with Crippen molar-refractivity contribution < 1.29 is 14.8 Å². The second kappa shape index (κ2) is 19.0. The summed E-state index contributed by atoms with van der Waals surface area (Å²) in [7, 11) is 0. The van der Waals surface area contributed by atoms with Crippen LogP contribution in [0.4, 0.5) is 11.5 Å². The Bertz CT molecular complexity index is 1460. The zero-order valence-corrected chi connectivity index (χ0v) is 26.3. The molecule has 3 atom stereocenters. The lowest BCUT2D eigenvalue weighted by Crippen LogP contribution is -2.27. The summed E-state index contributed by atoms with van der Waals surface area (Å²) in [6, 6.07) is 28.1. The lowest BCUT2D eigenvalue weighted by Gasteiger charge is -2.33. The third-order valence-corrected chi connectivity index (χ3v) is 8.15. The van der Waals surface area contributed by atoms with Crippen molar-refractivity contribution in [3.63, 3.8) is 0 Å². The number of amides is 1. The fourth-order valence-corrected chi connectivity index (χ4v) is 5.77. The van der Waals surface area contributed by atoms with Crippen molar-refractivity contribution in [2.75, 3.05) is 17.2 Å². The largest absolute Gasteiger partial charge is 0.388 e. The van der Waals surface area contributed by atoms with E-state index >= 15 is 0 Å². The maximum absolute atomic E-state index is 13.2. The van der Waals surface area contributed by atoms with Gasteiger partial charge in [0.1, 0.15) is 5.82 Å². The fourth-order valence-electron chi connectivity index (χ4n) is 5.77. The Labute approximate surface area is 271 Å². The van der Waals surface area contributed by atoms with Crippen LogP contribution in [0.5, 0.6) is 0 Å². The number of nitro groups is 1. The topological polar surface area (TPSA) is 130 Å². The highest BCUT2D eigenvalue weighted by molar-refractivity contribution is 5.91. The minimum atomic E-state index is -0.901. The molecule has 4 aromatic rings. The highest BCUT2D eigenvalue weighted by Crippen LogP contribution is 2.43. The summed E-state index contributed by atoms with van der Waals surface area (Å²) >= 11 is 0. The van der Waals surface area contributed by atoms with Gasteiger partial charge in [-0.15, -0.1) is 0 Å². The number of anilines is 2. The highest BCUT2D eigenvalue weighted by Gasteiger charge is 2.35. The van der Waals surface area contributed by atoms with E-state index in [1.807, 2.05) is 91.0 Å². The molecule has 2 aromatic heterocycles. The van der Waals surface area contributed by atoms with Crippen molar-refractivity contribution in [1.82, 2.24) is 9.97 Å². The first-order valence-electron chi connectivity index (χ1n) is 16.3. The van der Waals surface area contributed by atoms with Gasteiger partial charge in [-0.1, -0.05) is 99.2 Å². The third kappa shape index (κ3) is 11.1. The summed E-state index contributed by atoms with van der Waals surface area (Å²) < 4.78 is 0. The molecule has 3 unspecified atom stereocenters. The van der Waals surface area contributed by atoms with Gasteiger partial charge in [0.05, 0.1) is 18.1 Å². The van der Waals surface area contributed by atoms with Crippen molar-refractivity contribution in [2.24, 2.45) is 0 Å². The second-order valence-corrected chi connectivity index (χ2v) is 11.6. The van der Waals surface area contributed by atoms with Crippen molar-refractivity contribution in [3.8, 4) is 0 Å². The highest BCUT2D eigenvalue weighted by atomic mass is 16.6. The monoisotopic (exact) mass is 623 g/mol. The molecule has 0 radical (unpaired) electrons. The number of unbranched alkanes of at least 4 members (excludes halogenated alkanes) is 8. The van der Waals surface area contributed by atoms with Crippen LogP contribution in [-0.2, 0) is 4.79 Å². The number of hydrogen-bond donors (Lipinski definition) is 3. The summed E-state index contributed by atoms with van der Waals surface area (Å²) in [5, 5.41) is 29.0. The molecule has 2 heterocycles. The number of aliphatic hydroxyl groups excluding tert-OH is 1. The molecule has 242 valence electrons. The van der Waals surface area contributed by atoms with Gasteiger partial charge in [0.25, 0.3) is 0 Å². The lowest BCUT2D eigenvalue weighted by molar-refractivity contribution is -0.480. The van der Waals surface area contributed by atoms with E-state index in [1.165, 1.54) is 0 Å². The summed E-state index contributed by atoms with van der Waals surface area (Å²) in [6.07, 6.45) is 11.7. The third-order valence-electron chi connectivity index (χ3n) is 8.15. The van der Waals surface area contributed by atoms with Crippen LogP contribution in [0.2, 0.25) is 0 Å². The van der Waals surface area contributed by atoms with Gasteiger partial charge in [-0.3, -0.25) is 19.9 Å². The Hall–Kier alpha value is -4.63. The lowest BCUT2D eigenvalue weighted by atomic mass is 9.82. The first-order valence-corrected chi connectivity index (χ1v) is 16.3. The summed E-state index contributed by atoms with van der Waals surface area (Å²) in [5.41, 5.74) is 2.98. The number of nitrogens with one attached hydrogen (secondary N) is 2. The average Bonchev–Trinajstić information content (AvgIpc) is 3.08. The molecule has 46 heavy (non-hydrogen) atoms. The molecule has 0 saturated heterocycles. The van der Waals surface area contributed by atoms with E-state index < -0.39 is 18.1 Å². The molecule has 9 heteroatoms. The fraction of sp³-hybridized carbons (Fsp3) is 0.378.